The normalized spacial score (nSPS) is 10.2. The number of halogens is 1. The molecule has 3 nitrogen and oxygen atoms in total. The van der Waals surface area contributed by atoms with Crippen LogP contribution in [0.25, 0.3) is 11.4 Å². The fraction of sp³-hybridized carbons (Fsp3) is 0.111. The molecule has 0 spiro atoms. The Bertz CT molecular complexity index is 845. The largest absolute Gasteiger partial charge is 0.327 e. The molecule has 3 rings (SSSR count). The van der Waals surface area contributed by atoms with Gasteiger partial charge in [-0.05, 0) is 31.2 Å². The van der Waals surface area contributed by atoms with E-state index in [1.807, 2.05) is 55.5 Å². The first-order valence-electron chi connectivity index (χ1n) is 6.99. The molecule has 0 fully saturated rings. The van der Waals surface area contributed by atoms with Crippen LogP contribution in [0.15, 0.2) is 58.3 Å². The number of thioether (sulfide) groups is 1. The second-order valence-corrected chi connectivity index (χ2v) is 6.21. The van der Waals surface area contributed by atoms with E-state index in [-0.39, 0.29) is 0 Å². The van der Waals surface area contributed by atoms with Crippen LogP contribution in [0.4, 0.5) is 0 Å². The van der Waals surface area contributed by atoms with E-state index in [2.05, 4.69) is 22.0 Å². The lowest BCUT2D eigenvalue weighted by molar-refractivity contribution is 0.341. The van der Waals surface area contributed by atoms with Crippen molar-refractivity contribution in [2.75, 3.05) is 5.75 Å². The van der Waals surface area contributed by atoms with Gasteiger partial charge >= 0.3 is 0 Å². The first-order chi connectivity index (χ1) is 11.2. The zero-order valence-electron chi connectivity index (χ0n) is 12.4. The SMILES string of the molecule is Cc1ccc(-c2noc(SCC#Cc3ccc(Cl)cc3)n2)cc1. The molecule has 0 N–H and O–H groups in total. The van der Waals surface area contributed by atoms with E-state index in [9.17, 15) is 0 Å². The summed E-state index contributed by atoms with van der Waals surface area (Å²) in [4.78, 5) is 4.37. The molecule has 2 aromatic carbocycles. The highest BCUT2D eigenvalue weighted by molar-refractivity contribution is 7.99. The van der Waals surface area contributed by atoms with Crippen LogP contribution < -0.4 is 0 Å². The molecule has 0 unspecified atom stereocenters. The highest BCUT2D eigenvalue weighted by atomic mass is 35.5. The maximum Gasteiger partial charge on any atom is 0.286 e. The Kier molecular flexibility index (Phi) is 5.02. The molecule has 0 aliphatic heterocycles. The Labute approximate surface area is 144 Å². The van der Waals surface area contributed by atoms with Gasteiger partial charge in [0.1, 0.15) is 0 Å². The minimum Gasteiger partial charge on any atom is -0.327 e. The van der Waals surface area contributed by atoms with Crippen molar-refractivity contribution in [3.8, 4) is 23.2 Å². The van der Waals surface area contributed by atoms with E-state index in [0.29, 0.717) is 21.8 Å². The average molecular weight is 341 g/mol. The van der Waals surface area contributed by atoms with Crippen LogP contribution in [0.1, 0.15) is 11.1 Å². The van der Waals surface area contributed by atoms with Gasteiger partial charge in [0.2, 0.25) is 5.82 Å². The summed E-state index contributed by atoms with van der Waals surface area (Å²) in [6, 6.07) is 15.4. The third-order valence-electron chi connectivity index (χ3n) is 3.06. The molecule has 1 aromatic heterocycles. The van der Waals surface area contributed by atoms with Crippen molar-refractivity contribution in [2.24, 2.45) is 0 Å². The Morgan fingerprint density at radius 3 is 2.57 bits per heavy atom. The Hall–Kier alpha value is -2.22. The summed E-state index contributed by atoms with van der Waals surface area (Å²) in [6.45, 7) is 2.04. The average Bonchev–Trinajstić information content (AvgIpc) is 3.03. The molecular weight excluding hydrogens is 328 g/mol. The van der Waals surface area contributed by atoms with Crippen LogP contribution >= 0.6 is 23.4 Å². The van der Waals surface area contributed by atoms with Gasteiger partial charge in [0.25, 0.3) is 5.22 Å². The third-order valence-corrected chi connectivity index (χ3v) is 4.02. The van der Waals surface area contributed by atoms with E-state index >= 15 is 0 Å². The molecule has 1 heterocycles. The van der Waals surface area contributed by atoms with Crippen molar-refractivity contribution in [3.63, 3.8) is 0 Å². The number of aryl methyl sites for hydroxylation is 1. The van der Waals surface area contributed by atoms with Crippen molar-refractivity contribution in [2.45, 2.75) is 12.1 Å². The van der Waals surface area contributed by atoms with Crippen molar-refractivity contribution >= 4 is 23.4 Å². The molecule has 5 heteroatoms. The Balaban J connectivity index is 1.59. The lowest BCUT2D eigenvalue weighted by Crippen LogP contribution is -1.81. The highest BCUT2D eigenvalue weighted by Gasteiger charge is 2.08. The van der Waals surface area contributed by atoms with Gasteiger partial charge < -0.3 is 4.52 Å². The molecule has 0 saturated carbocycles. The minimum atomic E-state index is 0.519. The molecule has 0 aliphatic carbocycles. The molecule has 3 aromatic rings. The van der Waals surface area contributed by atoms with Crippen LogP contribution in [0.3, 0.4) is 0 Å². The van der Waals surface area contributed by atoms with Gasteiger partial charge in [-0.1, -0.05) is 70.2 Å². The van der Waals surface area contributed by atoms with Gasteiger partial charge in [-0.3, -0.25) is 0 Å². The standard InChI is InChI=1S/C18H13ClN2OS/c1-13-4-8-15(9-5-13)17-20-18(22-21-17)23-12-2-3-14-6-10-16(19)11-7-14/h4-11H,12H2,1H3. The van der Waals surface area contributed by atoms with Gasteiger partial charge in [0, 0.05) is 16.1 Å². The molecule has 0 bridgehead atoms. The number of benzene rings is 2. The molecule has 0 saturated heterocycles. The van der Waals surface area contributed by atoms with Crippen LogP contribution in [-0.4, -0.2) is 15.9 Å². The predicted octanol–water partition coefficient (Wildman–Crippen LogP) is 4.84. The van der Waals surface area contributed by atoms with E-state index in [1.165, 1.54) is 17.3 Å². The fourth-order valence-electron chi connectivity index (χ4n) is 1.86. The maximum absolute atomic E-state index is 5.83. The number of rotatable bonds is 3. The van der Waals surface area contributed by atoms with Crippen molar-refractivity contribution in [1.29, 1.82) is 0 Å². The summed E-state index contributed by atoms with van der Waals surface area (Å²) in [6.07, 6.45) is 0. The van der Waals surface area contributed by atoms with E-state index in [4.69, 9.17) is 16.1 Å². The molecule has 0 amide bonds. The number of hydrogen-bond acceptors (Lipinski definition) is 4. The third kappa shape index (κ3) is 4.38. The van der Waals surface area contributed by atoms with Crippen molar-refractivity contribution < 1.29 is 4.52 Å². The molecule has 114 valence electrons. The van der Waals surface area contributed by atoms with Crippen molar-refractivity contribution in [1.82, 2.24) is 10.1 Å². The van der Waals surface area contributed by atoms with E-state index < -0.39 is 0 Å². The second-order valence-electron chi connectivity index (χ2n) is 4.85. The maximum atomic E-state index is 5.83. The smallest absolute Gasteiger partial charge is 0.286 e. The molecule has 0 radical (unpaired) electrons. The van der Waals surface area contributed by atoms with Gasteiger partial charge in [0.15, 0.2) is 0 Å². The van der Waals surface area contributed by atoms with Crippen LogP contribution in [0, 0.1) is 18.8 Å². The second kappa shape index (κ2) is 7.36. The summed E-state index contributed by atoms with van der Waals surface area (Å²) >= 11 is 7.26. The quantitative estimate of drug-likeness (QED) is 0.505. The molecule has 0 aliphatic rings. The predicted molar refractivity (Wildman–Crippen MR) is 93.5 cm³/mol. The van der Waals surface area contributed by atoms with Crippen molar-refractivity contribution in [3.05, 3.63) is 64.7 Å². The van der Waals surface area contributed by atoms with Gasteiger partial charge in [-0.25, -0.2) is 0 Å². The Morgan fingerprint density at radius 2 is 1.83 bits per heavy atom. The van der Waals surface area contributed by atoms with Crippen LogP contribution in [0.5, 0.6) is 0 Å². The molecule has 23 heavy (non-hydrogen) atoms. The summed E-state index contributed by atoms with van der Waals surface area (Å²) in [5.41, 5.74) is 3.07. The van der Waals surface area contributed by atoms with E-state index in [0.717, 1.165) is 11.1 Å². The summed E-state index contributed by atoms with van der Waals surface area (Å²) in [5, 5.41) is 5.22. The topological polar surface area (TPSA) is 38.9 Å². The summed E-state index contributed by atoms with van der Waals surface area (Å²) in [7, 11) is 0. The van der Waals surface area contributed by atoms with Gasteiger partial charge in [0.05, 0.1) is 5.75 Å². The first kappa shape index (κ1) is 15.7. The number of hydrogen-bond donors (Lipinski definition) is 0. The summed E-state index contributed by atoms with van der Waals surface area (Å²) in [5.74, 6) is 7.31. The van der Waals surface area contributed by atoms with Gasteiger partial charge in [-0.2, -0.15) is 4.98 Å². The fourth-order valence-corrected chi connectivity index (χ4v) is 2.49. The highest BCUT2D eigenvalue weighted by Crippen LogP contribution is 2.21. The summed E-state index contributed by atoms with van der Waals surface area (Å²) < 4.78 is 5.23. The number of nitrogens with zero attached hydrogens (tertiary/aromatic N) is 2. The molecular formula is C18H13ClN2OS. The zero-order chi connectivity index (χ0) is 16.1. The number of aromatic nitrogens is 2. The first-order valence-corrected chi connectivity index (χ1v) is 8.35. The van der Waals surface area contributed by atoms with Crippen LogP contribution in [0.2, 0.25) is 5.02 Å². The van der Waals surface area contributed by atoms with Gasteiger partial charge in [-0.15, -0.1) is 0 Å². The zero-order valence-corrected chi connectivity index (χ0v) is 14.0. The van der Waals surface area contributed by atoms with E-state index in [1.54, 1.807) is 0 Å². The Morgan fingerprint density at radius 1 is 1.09 bits per heavy atom. The molecule has 0 atom stereocenters. The lowest BCUT2D eigenvalue weighted by Gasteiger charge is -1.94. The van der Waals surface area contributed by atoms with Crippen LogP contribution in [-0.2, 0) is 0 Å². The lowest BCUT2D eigenvalue weighted by atomic mass is 10.1. The monoisotopic (exact) mass is 340 g/mol. The minimum absolute atomic E-state index is 0.519.